The zero-order chi connectivity index (χ0) is 27.7. The lowest BCUT2D eigenvalue weighted by atomic mass is 9.98. The highest BCUT2D eigenvalue weighted by Gasteiger charge is 2.31. The number of hydrogen-bond acceptors (Lipinski definition) is 6. The minimum absolute atomic E-state index is 0.111. The van der Waals surface area contributed by atoms with Gasteiger partial charge in [-0.15, -0.1) is 0 Å². The lowest BCUT2D eigenvalue weighted by Gasteiger charge is -2.37. The summed E-state index contributed by atoms with van der Waals surface area (Å²) in [6, 6.07) is 15.6. The van der Waals surface area contributed by atoms with E-state index in [1.165, 1.54) is 11.7 Å². The number of ketones is 1. The van der Waals surface area contributed by atoms with Gasteiger partial charge in [-0.25, -0.2) is 0 Å². The average molecular weight is 531 g/mol. The van der Waals surface area contributed by atoms with Crippen LogP contribution in [0, 0.1) is 0 Å². The third kappa shape index (κ3) is 4.79. The van der Waals surface area contributed by atoms with Gasteiger partial charge in [0.2, 0.25) is 5.91 Å². The van der Waals surface area contributed by atoms with Crippen molar-refractivity contribution in [3.05, 3.63) is 76.2 Å². The number of carbonyl (C=O) groups excluding carboxylic acids is 3. The zero-order valence-electron chi connectivity index (χ0n) is 21.8. The van der Waals surface area contributed by atoms with Crippen LogP contribution in [0.25, 0.3) is 21.8 Å². The first kappa shape index (κ1) is 26.2. The van der Waals surface area contributed by atoms with Gasteiger partial charge < -0.3 is 25.0 Å². The Bertz CT molecular complexity index is 1620. The Balaban J connectivity index is 1.52. The van der Waals surface area contributed by atoms with E-state index in [0.29, 0.717) is 41.4 Å². The van der Waals surface area contributed by atoms with Crippen LogP contribution in [0.2, 0.25) is 0 Å². The van der Waals surface area contributed by atoms with Crippen molar-refractivity contribution in [1.29, 1.82) is 0 Å². The van der Waals surface area contributed by atoms with E-state index >= 15 is 0 Å². The lowest BCUT2D eigenvalue weighted by molar-refractivity contribution is -0.137. The molecule has 2 amide bonds. The number of aromatic amines is 1. The van der Waals surface area contributed by atoms with E-state index in [1.54, 1.807) is 41.3 Å². The molecule has 202 valence electrons. The monoisotopic (exact) mass is 530 g/mol. The second-order valence-electron chi connectivity index (χ2n) is 9.77. The van der Waals surface area contributed by atoms with Gasteiger partial charge in [0.1, 0.15) is 17.7 Å². The third-order valence-electron chi connectivity index (χ3n) is 7.37. The maximum absolute atomic E-state index is 13.8. The molecule has 3 N–H and O–H groups in total. The number of ether oxygens (including phenoxy) is 1. The number of piperidine rings is 1. The Morgan fingerprint density at radius 3 is 2.51 bits per heavy atom. The van der Waals surface area contributed by atoms with E-state index < -0.39 is 18.1 Å². The molecule has 39 heavy (non-hydrogen) atoms. The van der Waals surface area contributed by atoms with Gasteiger partial charge in [-0.05, 0) is 25.8 Å². The molecule has 2 aromatic carbocycles. The fourth-order valence-corrected chi connectivity index (χ4v) is 5.46. The highest BCUT2D eigenvalue weighted by molar-refractivity contribution is 6.11. The molecule has 10 nitrogen and oxygen atoms in total. The topological polar surface area (TPSA) is 134 Å². The molecule has 4 aromatic rings. The molecule has 2 unspecified atom stereocenters. The van der Waals surface area contributed by atoms with Crippen molar-refractivity contribution in [1.82, 2.24) is 19.8 Å². The summed E-state index contributed by atoms with van der Waals surface area (Å²) in [5, 5.41) is 13.1. The molecule has 1 saturated heterocycles. The summed E-state index contributed by atoms with van der Waals surface area (Å²) in [5.41, 5.74) is 1.19. The van der Waals surface area contributed by atoms with Crippen molar-refractivity contribution in [2.45, 2.75) is 38.4 Å². The number of amides is 2. The summed E-state index contributed by atoms with van der Waals surface area (Å²) < 4.78 is 7.01. The van der Waals surface area contributed by atoms with Gasteiger partial charge >= 0.3 is 0 Å². The van der Waals surface area contributed by atoms with E-state index in [2.05, 4.69) is 10.3 Å². The lowest BCUT2D eigenvalue weighted by Crippen LogP contribution is -2.51. The molecular weight excluding hydrogens is 500 g/mol. The number of methoxy groups -OCH3 is 1. The van der Waals surface area contributed by atoms with Crippen molar-refractivity contribution in [3.8, 4) is 5.75 Å². The minimum Gasteiger partial charge on any atom is -0.493 e. The molecule has 0 radical (unpaired) electrons. The number of H-pyrrole nitrogens is 1. The minimum atomic E-state index is -0.546. The summed E-state index contributed by atoms with van der Waals surface area (Å²) in [4.78, 5) is 56.9. The smallest absolute Gasteiger partial charge is 0.271 e. The fourth-order valence-electron chi connectivity index (χ4n) is 5.46. The summed E-state index contributed by atoms with van der Waals surface area (Å²) in [7, 11) is 1.40. The number of likely N-dealkylation sites (tertiary alicyclic amines) is 1. The summed E-state index contributed by atoms with van der Waals surface area (Å²) in [5.74, 6) is -0.869. The fraction of sp³-hybridized carbons (Fsp3) is 0.310. The predicted octanol–water partition coefficient (Wildman–Crippen LogP) is 2.48. The first-order valence-corrected chi connectivity index (χ1v) is 12.8. The van der Waals surface area contributed by atoms with E-state index in [4.69, 9.17) is 4.74 Å². The standard InChI is InChI=1S/C29H30N4O6/c1-17-14-19(12-13-32(17)23(36)16-34)30-28(37)26-27(39-2)24-25(31-26)20-10-6-7-11-21(20)33(29(24)38)15-22(35)18-8-4-3-5-9-18/h3-11,17,19,31,34H,12-16H2,1-2H3,(H,30,37). The van der Waals surface area contributed by atoms with Crippen molar-refractivity contribution in [3.63, 3.8) is 0 Å². The number of nitrogens with one attached hydrogen (secondary N) is 2. The van der Waals surface area contributed by atoms with Crippen LogP contribution in [0.4, 0.5) is 0 Å². The maximum Gasteiger partial charge on any atom is 0.271 e. The SMILES string of the molecule is COc1c(C(=O)NC2CCN(C(=O)CO)C(C)C2)[nH]c2c1c(=O)n(CC(=O)c1ccccc1)c1ccccc21. The number of para-hydroxylation sites is 1. The summed E-state index contributed by atoms with van der Waals surface area (Å²) >= 11 is 0. The molecule has 1 aliphatic heterocycles. The van der Waals surface area contributed by atoms with Gasteiger partial charge in [0, 0.05) is 29.6 Å². The van der Waals surface area contributed by atoms with Crippen molar-refractivity contribution in [2.75, 3.05) is 20.3 Å². The van der Waals surface area contributed by atoms with Gasteiger partial charge in [-0.2, -0.15) is 0 Å². The Morgan fingerprint density at radius 1 is 1.10 bits per heavy atom. The van der Waals surface area contributed by atoms with Gasteiger partial charge in [-0.3, -0.25) is 23.7 Å². The Labute approximate surface area is 224 Å². The normalized spacial score (nSPS) is 17.4. The molecule has 3 heterocycles. The van der Waals surface area contributed by atoms with Crippen LogP contribution in [-0.2, 0) is 11.3 Å². The Hall–Kier alpha value is -4.44. The highest BCUT2D eigenvalue weighted by Crippen LogP contribution is 2.32. The number of rotatable bonds is 7. The van der Waals surface area contributed by atoms with Crippen LogP contribution in [0.3, 0.4) is 0 Å². The van der Waals surface area contributed by atoms with Crippen LogP contribution in [-0.4, -0.2) is 69.5 Å². The summed E-state index contributed by atoms with van der Waals surface area (Å²) in [6.45, 7) is 1.58. The first-order chi connectivity index (χ1) is 18.8. The second-order valence-corrected chi connectivity index (χ2v) is 9.77. The third-order valence-corrected chi connectivity index (χ3v) is 7.37. The largest absolute Gasteiger partial charge is 0.493 e. The van der Waals surface area contributed by atoms with Crippen LogP contribution in [0.5, 0.6) is 5.75 Å². The van der Waals surface area contributed by atoms with Crippen LogP contribution in [0.1, 0.15) is 40.6 Å². The Kier molecular flexibility index (Phi) is 7.21. The van der Waals surface area contributed by atoms with Crippen LogP contribution in [0.15, 0.2) is 59.4 Å². The quantitative estimate of drug-likeness (QED) is 0.315. The second kappa shape index (κ2) is 10.7. The molecule has 2 atom stereocenters. The van der Waals surface area contributed by atoms with Gasteiger partial charge in [0.15, 0.2) is 11.5 Å². The molecule has 0 saturated carbocycles. The van der Waals surface area contributed by atoms with Gasteiger partial charge in [0.25, 0.3) is 11.5 Å². The number of hydrogen-bond donors (Lipinski definition) is 3. The highest BCUT2D eigenvalue weighted by atomic mass is 16.5. The number of aromatic nitrogens is 2. The maximum atomic E-state index is 13.8. The van der Waals surface area contributed by atoms with Gasteiger partial charge in [-0.1, -0.05) is 48.5 Å². The first-order valence-electron chi connectivity index (χ1n) is 12.8. The zero-order valence-corrected chi connectivity index (χ0v) is 21.8. The van der Waals surface area contributed by atoms with Crippen molar-refractivity contribution >= 4 is 39.4 Å². The van der Waals surface area contributed by atoms with Crippen molar-refractivity contribution < 1.29 is 24.2 Å². The van der Waals surface area contributed by atoms with Crippen LogP contribution >= 0.6 is 0 Å². The van der Waals surface area contributed by atoms with E-state index in [9.17, 15) is 24.3 Å². The van der Waals surface area contributed by atoms with Crippen LogP contribution < -0.4 is 15.6 Å². The molecule has 0 spiro atoms. The molecule has 1 fully saturated rings. The number of aliphatic hydroxyl groups is 1. The molecule has 2 aromatic heterocycles. The number of nitrogens with zero attached hydrogens (tertiary/aromatic N) is 2. The molecule has 1 aliphatic rings. The number of pyridine rings is 1. The number of Topliss-reactive ketones (excluding diaryl/α,β-unsaturated/α-hetero) is 1. The van der Waals surface area contributed by atoms with Gasteiger partial charge in [0.05, 0.1) is 24.7 Å². The van der Waals surface area contributed by atoms with E-state index in [-0.39, 0.29) is 47.1 Å². The van der Waals surface area contributed by atoms with E-state index in [0.717, 1.165) is 0 Å². The number of carbonyl (C=O) groups is 3. The molecule has 0 aliphatic carbocycles. The number of fused-ring (bicyclic) bond motifs is 3. The number of aliphatic hydroxyl groups excluding tert-OH is 1. The predicted molar refractivity (Wildman–Crippen MR) is 146 cm³/mol. The molecule has 5 rings (SSSR count). The van der Waals surface area contributed by atoms with Crippen molar-refractivity contribution in [2.24, 2.45) is 0 Å². The van der Waals surface area contributed by atoms with E-state index in [1.807, 2.05) is 25.1 Å². The Morgan fingerprint density at radius 2 is 1.82 bits per heavy atom. The molecular formula is C29H30N4O6. The summed E-state index contributed by atoms with van der Waals surface area (Å²) in [6.07, 6.45) is 1.05. The molecule has 0 bridgehead atoms. The number of benzene rings is 2. The average Bonchev–Trinajstić information content (AvgIpc) is 3.36. The molecule has 10 heteroatoms.